The standard InChI is InChI=1S/C20H26O8Se/c1-23-13-7-11(9-21)19(17(27-5)15(13)25-3)29-20-12(10-22)8-14(24-2)16(26-4)18(20)28-6/h7-8,21-22H,9-10H2,1-6H3. The van der Waals surface area contributed by atoms with Gasteiger partial charge in [-0.2, -0.15) is 0 Å². The van der Waals surface area contributed by atoms with E-state index in [1.807, 2.05) is 0 Å². The van der Waals surface area contributed by atoms with Crippen LogP contribution in [-0.4, -0.2) is 67.8 Å². The topological polar surface area (TPSA) is 95.8 Å². The summed E-state index contributed by atoms with van der Waals surface area (Å²) in [6.07, 6.45) is 0. The number of ether oxygens (including phenoxy) is 6. The maximum atomic E-state index is 9.97. The molecule has 0 radical (unpaired) electrons. The number of hydrogen-bond acceptors (Lipinski definition) is 8. The molecule has 2 N–H and O–H groups in total. The van der Waals surface area contributed by atoms with Crippen LogP contribution in [0.1, 0.15) is 11.1 Å². The summed E-state index contributed by atoms with van der Waals surface area (Å²) in [6, 6.07) is 3.43. The van der Waals surface area contributed by atoms with Crippen LogP contribution in [0.2, 0.25) is 0 Å². The molecule has 0 spiro atoms. The van der Waals surface area contributed by atoms with Gasteiger partial charge in [0.15, 0.2) is 0 Å². The number of benzene rings is 2. The molecule has 0 saturated heterocycles. The molecule has 2 aromatic rings. The predicted octanol–water partition coefficient (Wildman–Crippen LogP) is 0.378. The second-order valence-electron chi connectivity index (χ2n) is 5.69. The zero-order chi connectivity index (χ0) is 21.6. The molecule has 0 heterocycles. The van der Waals surface area contributed by atoms with Gasteiger partial charge in [0.25, 0.3) is 0 Å². The van der Waals surface area contributed by atoms with Crippen LogP contribution in [0.3, 0.4) is 0 Å². The van der Waals surface area contributed by atoms with Crippen LogP contribution in [0.25, 0.3) is 0 Å². The molecular weight excluding hydrogens is 447 g/mol. The van der Waals surface area contributed by atoms with Crippen LogP contribution in [0.15, 0.2) is 12.1 Å². The van der Waals surface area contributed by atoms with Crippen molar-refractivity contribution in [3.8, 4) is 34.5 Å². The molecule has 8 nitrogen and oxygen atoms in total. The van der Waals surface area contributed by atoms with Crippen LogP contribution in [-0.2, 0) is 13.2 Å². The molecule has 0 aliphatic rings. The summed E-state index contributed by atoms with van der Waals surface area (Å²) in [5.41, 5.74) is 1.25. The van der Waals surface area contributed by atoms with E-state index in [1.54, 1.807) is 12.1 Å². The van der Waals surface area contributed by atoms with Crippen molar-refractivity contribution in [1.29, 1.82) is 0 Å². The monoisotopic (exact) mass is 474 g/mol. The Balaban J connectivity index is 2.79. The Kier molecular flexibility index (Phi) is 8.28. The maximum absolute atomic E-state index is 9.97. The fourth-order valence-corrected chi connectivity index (χ4v) is 5.55. The van der Waals surface area contributed by atoms with E-state index in [2.05, 4.69) is 0 Å². The van der Waals surface area contributed by atoms with E-state index in [-0.39, 0.29) is 13.2 Å². The number of methoxy groups -OCH3 is 6. The second kappa shape index (κ2) is 10.5. The molecule has 0 atom stereocenters. The molecule has 2 aromatic carbocycles. The van der Waals surface area contributed by atoms with Gasteiger partial charge in [-0.3, -0.25) is 0 Å². The van der Waals surface area contributed by atoms with Gasteiger partial charge in [-0.25, -0.2) is 0 Å². The summed E-state index contributed by atoms with van der Waals surface area (Å²) < 4.78 is 34.4. The molecule has 0 amide bonds. The van der Waals surface area contributed by atoms with Crippen molar-refractivity contribution in [3.05, 3.63) is 23.3 Å². The molecule has 0 aliphatic heterocycles. The Hall–Kier alpha value is -2.32. The van der Waals surface area contributed by atoms with Gasteiger partial charge in [0.05, 0.1) is 0 Å². The van der Waals surface area contributed by atoms with Gasteiger partial charge in [0.1, 0.15) is 0 Å². The summed E-state index contributed by atoms with van der Waals surface area (Å²) in [4.78, 5) is 0. The van der Waals surface area contributed by atoms with E-state index in [0.29, 0.717) is 45.6 Å². The number of aliphatic hydroxyl groups excluding tert-OH is 2. The zero-order valence-corrected chi connectivity index (χ0v) is 19.0. The minimum absolute atomic E-state index is 0.224. The first kappa shape index (κ1) is 23.0. The molecule has 2 rings (SSSR count). The number of rotatable bonds is 10. The predicted molar refractivity (Wildman–Crippen MR) is 109 cm³/mol. The molecule has 0 saturated carbocycles. The van der Waals surface area contributed by atoms with Crippen LogP contribution in [0.5, 0.6) is 34.5 Å². The van der Waals surface area contributed by atoms with E-state index in [4.69, 9.17) is 28.4 Å². The molecule has 160 valence electrons. The molecule has 0 unspecified atom stereocenters. The van der Waals surface area contributed by atoms with Gasteiger partial charge in [0.2, 0.25) is 0 Å². The quantitative estimate of drug-likeness (QED) is 0.479. The molecule has 0 aliphatic carbocycles. The Morgan fingerprint density at radius 3 is 1.17 bits per heavy atom. The van der Waals surface area contributed by atoms with Crippen molar-refractivity contribution >= 4 is 23.9 Å². The average Bonchev–Trinajstić information content (AvgIpc) is 2.77. The Morgan fingerprint density at radius 2 is 0.931 bits per heavy atom. The average molecular weight is 473 g/mol. The van der Waals surface area contributed by atoms with E-state index in [1.165, 1.54) is 42.7 Å². The van der Waals surface area contributed by atoms with Gasteiger partial charge in [-0.15, -0.1) is 0 Å². The Bertz CT molecular complexity index is 784. The van der Waals surface area contributed by atoms with Crippen LogP contribution in [0, 0.1) is 0 Å². The number of aliphatic hydroxyl groups is 2. The minimum atomic E-state index is -0.452. The third kappa shape index (κ3) is 4.33. The first-order valence-electron chi connectivity index (χ1n) is 8.58. The molecule has 0 bridgehead atoms. The van der Waals surface area contributed by atoms with Gasteiger partial charge < -0.3 is 0 Å². The number of hydrogen-bond donors (Lipinski definition) is 2. The van der Waals surface area contributed by atoms with Crippen molar-refractivity contribution in [3.63, 3.8) is 0 Å². The first-order valence-corrected chi connectivity index (χ1v) is 10.3. The Morgan fingerprint density at radius 1 is 0.586 bits per heavy atom. The van der Waals surface area contributed by atoms with Crippen LogP contribution in [0.4, 0.5) is 0 Å². The van der Waals surface area contributed by atoms with Gasteiger partial charge >= 0.3 is 176 Å². The first-order chi connectivity index (χ1) is 14.0. The third-order valence-electron chi connectivity index (χ3n) is 4.27. The van der Waals surface area contributed by atoms with Crippen LogP contribution >= 0.6 is 0 Å². The fraction of sp³-hybridized carbons (Fsp3) is 0.400. The normalized spacial score (nSPS) is 10.5. The van der Waals surface area contributed by atoms with E-state index >= 15 is 0 Å². The molecular formula is C20H26O8Se. The van der Waals surface area contributed by atoms with E-state index in [0.717, 1.165) is 8.92 Å². The zero-order valence-electron chi connectivity index (χ0n) is 17.3. The second-order valence-corrected chi connectivity index (χ2v) is 7.83. The van der Waals surface area contributed by atoms with Crippen molar-refractivity contribution < 1.29 is 38.6 Å². The summed E-state index contributed by atoms with van der Waals surface area (Å²) >= 11 is -0.452. The summed E-state index contributed by atoms with van der Waals surface area (Å²) in [5, 5.41) is 19.9. The fourth-order valence-electron chi connectivity index (χ4n) is 2.92. The molecule has 29 heavy (non-hydrogen) atoms. The molecule has 0 aromatic heterocycles. The van der Waals surface area contributed by atoms with Crippen molar-refractivity contribution in [2.45, 2.75) is 13.2 Å². The summed E-state index contributed by atoms with van der Waals surface area (Å²) in [7, 11) is 9.13. The molecule has 9 heteroatoms. The van der Waals surface area contributed by atoms with Gasteiger partial charge in [-0.1, -0.05) is 0 Å². The SMILES string of the molecule is COc1cc(CO)c([Se]c2c(CO)cc(OC)c(OC)c2OC)c(OC)c1OC. The summed E-state index contributed by atoms with van der Waals surface area (Å²) in [6.45, 7) is -0.449. The van der Waals surface area contributed by atoms with Gasteiger partial charge in [0, 0.05) is 0 Å². The van der Waals surface area contributed by atoms with Crippen LogP contribution < -0.4 is 37.3 Å². The van der Waals surface area contributed by atoms with E-state index in [9.17, 15) is 10.2 Å². The van der Waals surface area contributed by atoms with Crippen molar-refractivity contribution in [2.75, 3.05) is 42.7 Å². The van der Waals surface area contributed by atoms with E-state index < -0.39 is 15.0 Å². The van der Waals surface area contributed by atoms with Gasteiger partial charge in [-0.05, 0) is 0 Å². The Labute approximate surface area is 176 Å². The third-order valence-corrected chi connectivity index (χ3v) is 7.00. The van der Waals surface area contributed by atoms with Crippen molar-refractivity contribution in [1.82, 2.24) is 0 Å². The molecule has 0 fully saturated rings. The van der Waals surface area contributed by atoms with Crippen molar-refractivity contribution in [2.24, 2.45) is 0 Å². The summed E-state index contributed by atoms with van der Waals surface area (Å²) in [5.74, 6) is 2.67.